The molecule has 7 nitrogen and oxygen atoms in total. The molecule has 0 spiro atoms. The molecule has 0 atom stereocenters. The van der Waals surface area contributed by atoms with Gasteiger partial charge in [-0.2, -0.15) is 0 Å². The lowest BCUT2D eigenvalue weighted by Gasteiger charge is -2.33. The van der Waals surface area contributed by atoms with Gasteiger partial charge in [0, 0.05) is 66.5 Å². The van der Waals surface area contributed by atoms with Gasteiger partial charge in [-0.05, 0) is 55.0 Å². The van der Waals surface area contributed by atoms with Crippen molar-refractivity contribution >= 4 is 16.8 Å². The molecule has 180 valence electrons. The maximum atomic E-state index is 12.6. The van der Waals surface area contributed by atoms with Crippen LogP contribution in [0.3, 0.4) is 0 Å². The zero-order valence-corrected chi connectivity index (χ0v) is 19.9. The van der Waals surface area contributed by atoms with Crippen molar-refractivity contribution in [1.29, 1.82) is 0 Å². The van der Waals surface area contributed by atoms with Gasteiger partial charge < -0.3 is 19.9 Å². The Balaban J connectivity index is 1.26. The fraction of sp³-hybridized carbons (Fsp3) is 0.286. The number of para-hydroxylation sites is 1. The largest absolute Gasteiger partial charge is 0.496 e. The van der Waals surface area contributed by atoms with Crippen molar-refractivity contribution in [2.45, 2.75) is 25.3 Å². The van der Waals surface area contributed by atoms with E-state index in [1.807, 2.05) is 48.7 Å². The van der Waals surface area contributed by atoms with Crippen LogP contribution >= 0.6 is 0 Å². The van der Waals surface area contributed by atoms with E-state index in [1.54, 1.807) is 23.8 Å². The molecule has 0 bridgehead atoms. The average Bonchev–Trinajstić information content (AvgIpc) is 3.32. The summed E-state index contributed by atoms with van der Waals surface area (Å²) in [6, 6.07) is 19.4. The summed E-state index contributed by atoms with van der Waals surface area (Å²) >= 11 is 0. The number of carbonyl (C=O) groups excluding carboxylic acids is 1. The van der Waals surface area contributed by atoms with Gasteiger partial charge in [-0.3, -0.25) is 14.2 Å². The first-order chi connectivity index (χ1) is 17.0. The highest BCUT2D eigenvalue weighted by Gasteiger charge is 2.22. The first kappa shape index (κ1) is 22.9. The Morgan fingerprint density at radius 3 is 2.54 bits per heavy atom. The van der Waals surface area contributed by atoms with E-state index >= 15 is 0 Å². The average molecular weight is 471 g/mol. The summed E-state index contributed by atoms with van der Waals surface area (Å²) in [5.74, 6) is 0.240. The monoisotopic (exact) mass is 470 g/mol. The van der Waals surface area contributed by atoms with Crippen molar-refractivity contribution in [3.8, 4) is 11.4 Å². The fourth-order valence-electron chi connectivity index (χ4n) is 5.05. The number of amides is 1. The van der Waals surface area contributed by atoms with Gasteiger partial charge in [-0.15, -0.1) is 0 Å². The Labute approximate surface area is 204 Å². The molecular weight excluding hydrogens is 440 g/mol. The van der Waals surface area contributed by atoms with Crippen LogP contribution in [0.5, 0.6) is 5.75 Å². The predicted molar refractivity (Wildman–Crippen MR) is 137 cm³/mol. The second-order valence-corrected chi connectivity index (χ2v) is 9.09. The highest BCUT2D eigenvalue weighted by atomic mass is 16.5. The lowest BCUT2D eigenvalue weighted by atomic mass is 10.0. The number of piperidine rings is 1. The molecule has 1 aliphatic heterocycles. The maximum absolute atomic E-state index is 12.6. The van der Waals surface area contributed by atoms with Crippen molar-refractivity contribution in [1.82, 2.24) is 14.0 Å². The van der Waals surface area contributed by atoms with Crippen molar-refractivity contribution in [3.05, 3.63) is 94.5 Å². The van der Waals surface area contributed by atoms with E-state index in [9.17, 15) is 9.59 Å². The number of hydrogen-bond acceptors (Lipinski definition) is 4. The summed E-state index contributed by atoms with van der Waals surface area (Å²) in [5, 5.41) is 1.12. The summed E-state index contributed by atoms with van der Waals surface area (Å²) in [4.78, 5) is 26.7. The lowest BCUT2D eigenvalue weighted by Crippen LogP contribution is -2.36. The minimum Gasteiger partial charge on any atom is -0.496 e. The van der Waals surface area contributed by atoms with Crippen LogP contribution in [0.4, 0.5) is 0 Å². The third-order valence-electron chi connectivity index (χ3n) is 7.00. The van der Waals surface area contributed by atoms with E-state index in [0.29, 0.717) is 17.4 Å². The number of methoxy groups -OCH3 is 1. The molecule has 0 radical (unpaired) electrons. The molecule has 2 aromatic heterocycles. The molecule has 0 unspecified atom stereocenters. The van der Waals surface area contributed by atoms with E-state index in [4.69, 9.17) is 10.5 Å². The number of primary amides is 1. The molecule has 1 amide bonds. The zero-order chi connectivity index (χ0) is 24.4. The summed E-state index contributed by atoms with van der Waals surface area (Å²) < 4.78 is 9.49. The number of aromatic nitrogens is 2. The van der Waals surface area contributed by atoms with Gasteiger partial charge in [0.05, 0.1) is 7.11 Å². The lowest BCUT2D eigenvalue weighted by molar-refractivity contribution is 0.100. The maximum Gasteiger partial charge on any atom is 0.258 e. The number of likely N-dealkylation sites (tertiary alicyclic amines) is 1. The Morgan fingerprint density at radius 1 is 1.06 bits per heavy atom. The highest BCUT2D eigenvalue weighted by Crippen LogP contribution is 2.29. The van der Waals surface area contributed by atoms with E-state index < -0.39 is 5.91 Å². The van der Waals surface area contributed by atoms with Crippen LogP contribution in [0.1, 0.15) is 34.8 Å². The van der Waals surface area contributed by atoms with E-state index in [1.165, 1.54) is 0 Å². The van der Waals surface area contributed by atoms with Crippen molar-refractivity contribution in [2.24, 2.45) is 5.73 Å². The third kappa shape index (κ3) is 4.72. The number of nitrogens with zero attached hydrogens (tertiary/aromatic N) is 3. The highest BCUT2D eigenvalue weighted by molar-refractivity contribution is 5.97. The van der Waals surface area contributed by atoms with Gasteiger partial charge in [0.15, 0.2) is 0 Å². The SMILES string of the molecule is COc1cc(=O)n(-c2ccccc2)cc1CCN1CCC(n2ccc3ccc(C(N)=O)cc32)CC1. The Morgan fingerprint density at radius 2 is 1.83 bits per heavy atom. The molecule has 2 N–H and O–H groups in total. The van der Waals surface area contributed by atoms with Crippen LogP contribution in [0, 0.1) is 0 Å². The van der Waals surface area contributed by atoms with E-state index in [-0.39, 0.29) is 5.56 Å². The molecule has 1 saturated heterocycles. The number of ether oxygens (including phenoxy) is 1. The first-order valence-corrected chi connectivity index (χ1v) is 12.0. The van der Waals surface area contributed by atoms with Crippen LogP contribution < -0.4 is 16.0 Å². The minimum absolute atomic E-state index is 0.101. The van der Waals surface area contributed by atoms with Crippen LogP contribution in [-0.2, 0) is 6.42 Å². The zero-order valence-electron chi connectivity index (χ0n) is 19.9. The Hall–Kier alpha value is -3.84. The van der Waals surface area contributed by atoms with Crippen molar-refractivity contribution in [2.75, 3.05) is 26.7 Å². The molecule has 7 heteroatoms. The number of rotatable bonds is 7. The number of nitrogens with two attached hydrogens (primary N) is 1. The Bertz CT molecular complexity index is 1400. The van der Waals surface area contributed by atoms with Gasteiger partial charge >= 0.3 is 0 Å². The summed E-state index contributed by atoms with van der Waals surface area (Å²) in [6.45, 7) is 2.87. The smallest absolute Gasteiger partial charge is 0.258 e. The van der Waals surface area contributed by atoms with E-state index in [2.05, 4.69) is 21.7 Å². The summed E-state index contributed by atoms with van der Waals surface area (Å²) in [7, 11) is 1.61. The molecule has 35 heavy (non-hydrogen) atoms. The quantitative estimate of drug-likeness (QED) is 0.446. The van der Waals surface area contributed by atoms with Gasteiger partial charge in [-0.25, -0.2) is 0 Å². The van der Waals surface area contributed by atoms with Gasteiger partial charge in [-0.1, -0.05) is 24.3 Å². The molecule has 1 fully saturated rings. The van der Waals surface area contributed by atoms with Gasteiger partial charge in [0.2, 0.25) is 5.91 Å². The van der Waals surface area contributed by atoms with Crippen LogP contribution in [-0.4, -0.2) is 46.7 Å². The van der Waals surface area contributed by atoms with E-state index in [0.717, 1.165) is 61.1 Å². The predicted octanol–water partition coefficient (Wildman–Crippen LogP) is 3.78. The molecule has 0 aliphatic carbocycles. The number of pyridine rings is 1. The normalized spacial score (nSPS) is 14.9. The summed E-state index contributed by atoms with van der Waals surface area (Å²) in [5.41, 5.74) is 8.86. The molecule has 5 rings (SSSR count). The number of hydrogen-bond donors (Lipinski definition) is 1. The van der Waals surface area contributed by atoms with Crippen LogP contribution in [0.15, 0.2) is 77.9 Å². The Kier molecular flexibility index (Phi) is 6.42. The standard InChI is InChI=1S/C28H30N4O3/c1-35-26-18-27(33)32(23-5-3-2-4-6-23)19-22(26)9-13-30-14-11-24(12-15-30)31-16-10-20-7-8-21(28(29)34)17-25(20)31/h2-8,10,16-19,24H,9,11-15H2,1H3,(H2,29,34). The molecule has 1 aliphatic rings. The second kappa shape index (κ2) is 9.80. The van der Waals surface area contributed by atoms with Crippen molar-refractivity contribution in [3.63, 3.8) is 0 Å². The second-order valence-electron chi connectivity index (χ2n) is 9.09. The topological polar surface area (TPSA) is 82.5 Å². The third-order valence-corrected chi connectivity index (χ3v) is 7.00. The number of benzene rings is 2. The van der Waals surface area contributed by atoms with Gasteiger partial charge in [0.25, 0.3) is 5.56 Å². The number of carbonyl (C=O) groups is 1. The summed E-state index contributed by atoms with van der Waals surface area (Å²) in [6.07, 6.45) is 6.89. The molecule has 0 saturated carbocycles. The van der Waals surface area contributed by atoms with Crippen molar-refractivity contribution < 1.29 is 9.53 Å². The molecule has 4 aromatic rings. The molecular formula is C28H30N4O3. The van der Waals surface area contributed by atoms with Crippen LogP contribution in [0.25, 0.3) is 16.6 Å². The number of fused-ring (bicyclic) bond motifs is 1. The van der Waals surface area contributed by atoms with Gasteiger partial charge in [0.1, 0.15) is 5.75 Å². The fourth-order valence-corrected chi connectivity index (χ4v) is 5.05. The minimum atomic E-state index is -0.400. The molecule has 3 heterocycles. The molecule has 2 aromatic carbocycles. The van der Waals surface area contributed by atoms with Crippen LogP contribution in [0.2, 0.25) is 0 Å². The first-order valence-electron chi connectivity index (χ1n) is 12.0.